The van der Waals surface area contributed by atoms with Crippen LogP contribution in [0.4, 0.5) is 5.82 Å². The molecule has 8 heteroatoms. The van der Waals surface area contributed by atoms with Crippen LogP contribution in [0, 0.1) is 6.92 Å². The van der Waals surface area contributed by atoms with Crippen LogP contribution in [0.3, 0.4) is 0 Å². The fourth-order valence-corrected chi connectivity index (χ4v) is 4.81. The molecule has 7 nitrogen and oxygen atoms in total. The van der Waals surface area contributed by atoms with Crippen molar-refractivity contribution in [1.82, 2.24) is 4.98 Å². The molecule has 0 saturated carbocycles. The van der Waals surface area contributed by atoms with Crippen LogP contribution in [-0.4, -0.2) is 48.2 Å². The highest BCUT2D eigenvalue weighted by Crippen LogP contribution is 2.33. The van der Waals surface area contributed by atoms with Crippen molar-refractivity contribution in [3.8, 4) is 0 Å². The first-order chi connectivity index (χ1) is 14.5. The highest BCUT2D eigenvalue weighted by Gasteiger charge is 2.25. The summed E-state index contributed by atoms with van der Waals surface area (Å²) in [7, 11) is 0. The van der Waals surface area contributed by atoms with E-state index in [1.165, 1.54) is 11.3 Å². The second-order valence-corrected chi connectivity index (χ2v) is 8.85. The van der Waals surface area contributed by atoms with Crippen LogP contribution in [0.1, 0.15) is 58.5 Å². The molecule has 1 saturated heterocycles. The molecular formula is C22H27N5O2S. The minimum atomic E-state index is -0.133. The Morgan fingerprint density at radius 1 is 1.37 bits per heavy atom. The predicted molar refractivity (Wildman–Crippen MR) is 121 cm³/mol. The maximum atomic E-state index is 12.9. The number of amides is 1. The van der Waals surface area contributed by atoms with E-state index in [4.69, 9.17) is 15.5 Å². The number of aryl methyl sites for hydroxylation is 1. The molecule has 4 heterocycles. The SMILES string of the molecule is Cc1ccc(NC(=O)c2csc3c2C(C)CCC(=NC2CCOCC2N)N=C3)nc1. The molecule has 0 aliphatic carbocycles. The van der Waals surface area contributed by atoms with E-state index in [0.29, 0.717) is 24.6 Å². The van der Waals surface area contributed by atoms with Crippen LogP contribution < -0.4 is 11.1 Å². The number of nitrogens with two attached hydrogens (primary N) is 1. The molecule has 2 aromatic heterocycles. The van der Waals surface area contributed by atoms with Gasteiger partial charge in [-0.1, -0.05) is 13.0 Å². The van der Waals surface area contributed by atoms with E-state index in [9.17, 15) is 4.79 Å². The molecule has 0 aromatic carbocycles. The molecule has 2 aromatic rings. The topological polar surface area (TPSA) is 102 Å². The van der Waals surface area contributed by atoms with E-state index < -0.39 is 0 Å². The van der Waals surface area contributed by atoms with E-state index in [0.717, 1.165) is 41.1 Å². The van der Waals surface area contributed by atoms with Gasteiger partial charge in [0, 0.05) is 35.7 Å². The zero-order valence-electron chi connectivity index (χ0n) is 17.3. The number of ether oxygens (including phenoxy) is 1. The maximum absolute atomic E-state index is 12.9. The summed E-state index contributed by atoms with van der Waals surface area (Å²) in [5.74, 6) is 1.48. The van der Waals surface area contributed by atoms with E-state index in [1.807, 2.05) is 30.7 Å². The van der Waals surface area contributed by atoms with Crippen LogP contribution in [0.15, 0.2) is 33.7 Å². The minimum absolute atomic E-state index is 0.0618. The molecule has 3 unspecified atom stereocenters. The number of fused-ring (bicyclic) bond motifs is 1. The number of rotatable bonds is 3. The van der Waals surface area contributed by atoms with Gasteiger partial charge in [-0.25, -0.2) is 9.98 Å². The summed E-state index contributed by atoms with van der Waals surface area (Å²) in [4.78, 5) is 27.7. The summed E-state index contributed by atoms with van der Waals surface area (Å²) >= 11 is 1.54. The first-order valence-electron chi connectivity index (χ1n) is 10.3. The Kier molecular flexibility index (Phi) is 6.36. The largest absolute Gasteiger partial charge is 0.380 e. The van der Waals surface area contributed by atoms with Crippen LogP contribution in [0.25, 0.3) is 0 Å². The quantitative estimate of drug-likeness (QED) is 0.785. The van der Waals surface area contributed by atoms with Crippen molar-refractivity contribution in [3.63, 3.8) is 0 Å². The Bertz CT molecular complexity index is 966. The molecule has 2 aliphatic heterocycles. The second-order valence-electron chi connectivity index (χ2n) is 7.94. The van der Waals surface area contributed by atoms with Gasteiger partial charge in [0.2, 0.25) is 0 Å². The fourth-order valence-electron chi connectivity index (χ4n) is 3.78. The summed E-state index contributed by atoms with van der Waals surface area (Å²) in [5, 5.41) is 4.82. The van der Waals surface area contributed by atoms with Crippen molar-refractivity contribution < 1.29 is 9.53 Å². The van der Waals surface area contributed by atoms with Crippen molar-refractivity contribution in [1.29, 1.82) is 0 Å². The second kappa shape index (κ2) is 9.16. The van der Waals surface area contributed by atoms with Gasteiger partial charge in [-0.2, -0.15) is 0 Å². The fraction of sp³-hybridized carbons (Fsp3) is 0.455. The van der Waals surface area contributed by atoms with Gasteiger partial charge < -0.3 is 15.8 Å². The Labute approximate surface area is 180 Å². The van der Waals surface area contributed by atoms with Gasteiger partial charge in [-0.3, -0.25) is 9.79 Å². The first kappa shape index (κ1) is 20.8. The lowest BCUT2D eigenvalue weighted by molar-refractivity contribution is 0.0715. The number of aliphatic imine (C=N–C) groups is 2. The van der Waals surface area contributed by atoms with Gasteiger partial charge in [0.25, 0.3) is 5.91 Å². The third-order valence-electron chi connectivity index (χ3n) is 5.56. The van der Waals surface area contributed by atoms with Crippen molar-refractivity contribution in [2.75, 3.05) is 18.5 Å². The van der Waals surface area contributed by atoms with E-state index in [2.05, 4.69) is 22.2 Å². The van der Waals surface area contributed by atoms with Crippen molar-refractivity contribution in [3.05, 3.63) is 45.3 Å². The Morgan fingerprint density at radius 2 is 2.23 bits per heavy atom. The third-order valence-corrected chi connectivity index (χ3v) is 6.49. The summed E-state index contributed by atoms with van der Waals surface area (Å²) in [6.07, 6.45) is 6.06. The van der Waals surface area contributed by atoms with Gasteiger partial charge in [0.15, 0.2) is 0 Å². The maximum Gasteiger partial charge on any atom is 0.257 e. The lowest BCUT2D eigenvalue weighted by Crippen LogP contribution is -2.42. The molecule has 1 fully saturated rings. The highest BCUT2D eigenvalue weighted by atomic mass is 32.1. The zero-order valence-corrected chi connectivity index (χ0v) is 18.1. The number of amidine groups is 1. The van der Waals surface area contributed by atoms with Crippen molar-refractivity contribution in [2.24, 2.45) is 15.7 Å². The number of aromatic nitrogens is 1. The number of carbonyl (C=O) groups excluding carboxylic acids is 1. The Balaban J connectivity index is 1.55. The molecule has 0 bridgehead atoms. The average Bonchev–Trinajstić information content (AvgIpc) is 3.15. The zero-order chi connectivity index (χ0) is 21.1. The number of hydrogen-bond acceptors (Lipinski definition) is 6. The molecule has 3 atom stereocenters. The van der Waals surface area contributed by atoms with Gasteiger partial charge >= 0.3 is 0 Å². The number of pyridine rings is 1. The summed E-state index contributed by atoms with van der Waals surface area (Å²) in [6, 6.07) is 3.73. The van der Waals surface area contributed by atoms with Gasteiger partial charge in [0.05, 0.1) is 24.3 Å². The Morgan fingerprint density at radius 3 is 3.00 bits per heavy atom. The number of nitrogens with zero attached hydrogens (tertiary/aromatic N) is 3. The van der Waals surface area contributed by atoms with Crippen LogP contribution >= 0.6 is 11.3 Å². The highest BCUT2D eigenvalue weighted by molar-refractivity contribution is 7.12. The number of anilines is 1. The number of hydrogen-bond donors (Lipinski definition) is 2. The molecule has 1 amide bonds. The molecule has 30 heavy (non-hydrogen) atoms. The van der Waals surface area contributed by atoms with Gasteiger partial charge in [-0.15, -0.1) is 11.3 Å². The van der Waals surface area contributed by atoms with E-state index in [-0.39, 0.29) is 23.9 Å². The van der Waals surface area contributed by atoms with E-state index in [1.54, 1.807) is 6.20 Å². The van der Waals surface area contributed by atoms with Crippen molar-refractivity contribution in [2.45, 2.75) is 51.1 Å². The molecule has 0 radical (unpaired) electrons. The first-order valence-corrected chi connectivity index (χ1v) is 11.2. The minimum Gasteiger partial charge on any atom is -0.380 e. The van der Waals surface area contributed by atoms with E-state index >= 15 is 0 Å². The average molecular weight is 426 g/mol. The van der Waals surface area contributed by atoms with Crippen LogP contribution in [-0.2, 0) is 4.74 Å². The molecule has 3 N–H and O–H groups in total. The van der Waals surface area contributed by atoms with Crippen molar-refractivity contribution >= 4 is 35.1 Å². The molecule has 4 rings (SSSR count). The number of thiophene rings is 1. The molecule has 2 aliphatic rings. The predicted octanol–water partition coefficient (Wildman–Crippen LogP) is 3.53. The summed E-state index contributed by atoms with van der Waals surface area (Å²) in [5.41, 5.74) is 8.95. The summed E-state index contributed by atoms with van der Waals surface area (Å²) in [6.45, 7) is 5.36. The normalized spacial score (nSPS) is 25.4. The molecule has 158 valence electrons. The lowest BCUT2D eigenvalue weighted by Gasteiger charge is -2.26. The monoisotopic (exact) mass is 425 g/mol. The van der Waals surface area contributed by atoms with Crippen LogP contribution in [0.5, 0.6) is 0 Å². The summed E-state index contributed by atoms with van der Waals surface area (Å²) < 4.78 is 5.41. The van der Waals surface area contributed by atoms with Gasteiger partial charge in [-0.05, 0) is 42.9 Å². The smallest absolute Gasteiger partial charge is 0.257 e. The molecular weight excluding hydrogens is 398 g/mol. The number of carbonyl (C=O) groups is 1. The molecule has 0 spiro atoms. The number of nitrogens with one attached hydrogen (secondary N) is 1. The lowest BCUT2D eigenvalue weighted by atomic mass is 9.92. The standard InChI is InChI=1S/C22H27N5O2S/c1-13-3-5-20(24-9-13)27-22(28)15-12-30-18-10-25-19(6-4-14(2)21(15)18)26-17-7-8-29-11-16(17)23/h3,5,9-10,12,14,16-17H,4,6-8,11,23H2,1-2H3,(H,24,27,28). The van der Waals surface area contributed by atoms with Gasteiger partial charge in [0.1, 0.15) is 11.7 Å². The van der Waals surface area contributed by atoms with Crippen LogP contribution in [0.2, 0.25) is 0 Å². The Hall–Kier alpha value is -2.42. The third kappa shape index (κ3) is 4.66.